The Kier molecular flexibility index (Phi) is 11.3. The number of carbonyl (C=O) groups excluding carboxylic acids is 1. The lowest BCUT2D eigenvalue weighted by Crippen LogP contribution is -2.44. The fraction of sp³-hybridized carbons (Fsp3) is 0.889. The maximum atomic E-state index is 12.6. The van der Waals surface area contributed by atoms with Crippen LogP contribution in [0.15, 0.2) is 4.99 Å². The van der Waals surface area contributed by atoms with Crippen LogP contribution < -0.4 is 10.6 Å². The maximum absolute atomic E-state index is 12.6. The van der Waals surface area contributed by atoms with Crippen molar-refractivity contribution < 1.29 is 9.00 Å². The Labute approximate surface area is 178 Å². The highest BCUT2D eigenvalue weighted by Crippen LogP contribution is 2.39. The number of nitrogens with zero attached hydrogens (tertiary/aromatic N) is 2. The van der Waals surface area contributed by atoms with E-state index < -0.39 is 10.8 Å². The second-order valence-electron chi connectivity index (χ2n) is 7.97. The molecule has 0 aromatic heterocycles. The first kappa shape index (κ1) is 25.6. The Hall–Kier alpha value is -0.380. The van der Waals surface area contributed by atoms with Gasteiger partial charge in [0.15, 0.2) is 5.96 Å². The largest absolute Gasteiger partial charge is 0.357 e. The summed E-state index contributed by atoms with van der Waals surface area (Å²) in [4.78, 5) is 19.0. The molecule has 2 N–H and O–H groups in total. The van der Waals surface area contributed by atoms with Gasteiger partial charge in [-0.2, -0.15) is 0 Å². The van der Waals surface area contributed by atoms with Crippen molar-refractivity contribution in [1.29, 1.82) is 0 Å². The normalized spacial score (nSPS) is 18.0. The molecule has 154 valence electrons. The van der Waals surface area contributed by atoms with Gasteiger partial charge in [-0.3, -0.25) is 14.0 Å². The molecule has 1 saturated carbocycles. The predicted molar refractivity (Wildman–Crippen MR) is 122 cm³/mol. The monoisotopic (exact) mass is 500 g/mol. The Morgan fingerprint density at radius 1 is 1.19 bits per heavy atom. The summed E-state index contributed by atoms with van der Waals surface area (Å²) in [6.07, 6.45) is 3.98. The highest BCUT2D eigenvalue weighted by molar-refractivity contribution is 14.0. The van der Waals surface area contributed by atoms with Crippen molar-refractivity contribution in [2.24, 2.45) is 10.4 Å². The summed E-state index contributed by atoms with van der Waals surface area (Å²) in [6, 6.07) is 0. The van der Waals surface area contributed by atoms with Crippen molar-refractivity contribution >= 4 is 46.6 Å². The smallest absolute Gasteiger partial charge is 0.230 e. The molecule has 0 aromatic carbocycles. The van der Waals surface area contributed by atoms with Crippen molar-refractivity contribution in [3.05, 3.63) is 0 Å². The van der Waals surface area contributed by atoms with E-state index in [4.69, 9.17) is 0 Å². The number of halogens is 1. The van der Waals surface area contributed by atoms with Crippen LogP contribution in [-0.4, -0.2) is 65.2 Å². The second-order valence-corrected chi connectivity index (χ2v) is 10.3. The van der Waals surface area contributed by atoms with Crippen LogP contribution in [-0.2, 0) is 15.6 Å². The number of guanidine groups is 1. The Balaban J connectivity index is 0.00000625. The third-order valence-corrected chi connectivity index (χ3v) is 6.51. The molecular formula is C18H37IN4O2S. The van der Waals surface area contributed by atoms with Gasteiger partial charge in [0.25, 0.3) is 0 Å². The van der Waals surface area contributed by atoms with E-state index in [1.165, 1.54) is 0 Å². The third kappa shape index (κ3) is 7.70. The van der Waals surface area contributed by atoms with Crippen LogP contribution in [0.3, 0.4) is 0 Å². The van der Waals surface area contributed by atoms with Gasteiger partial charge >= 0.3 is 0 Å². The van der Waals surface area contributed by atoms with E-state index in [0.29, 0.717) is 24.8 Å². The first-order valence-corrected chi connectivity index (χ1v) is 10.6. The van der Waals surface area contributed by atoms with Crippen LogP contribution in [0.4, 0.5) is 0 Å². The van der Waals surface area contributed by atoms with Gasteiger partial charge in [0.05, 0.1) is 12.0 Å². The molecule has 1 atom stereocenters. The van der Waals surface area contributed by atoms with E-state index in [0.717, 1.165) is 32.2 Å². The molecule has 6 nitrogen and oxygen atoms in total. The zero-order chi connectivity index (χ0) is 19.1. The number of amides is 1. The molecule has 0 radical (unpaired) electrons. The quantitative estimate of drug-likeness (QED) is 0.320. The van der Waals surface area contributed by atoms with Gasteiger partial charge in [-0.1, -0.05) is 12.8 Å². The number of rotatable bonds is 7. The summed E-state index contributed by atoms with van der Waals surface area (Å²) in [7, 11) is 2.74. The van der Waals surface area contributed by atoms with E-state index in [-0.39, 0.29) is 40.0 Å². The molecule has 0 heterocycles. The highest BCUT2D eigenvalue weighted by atomic mass is 127. The van der Waals surface area contributed by atoms with E-state index >= 15 is 0 Å². The Morgan fingerprint density at radius 2 is 1.77 bits per heavy atom. The van der Waals surface area contributed by atoms with Gasteiger partial charge in [-0.25, -0.2) is 0 Å². The summed E-state index contributed by atoms with van der Waals surface area (Å²) in [5.41, 5.74) is -0.361. The predicted octanol–water partition coefficient (Wildman–Crippen LogP) is 2.36. The van der Waals surface area contributed by atoms with Crippen LogP contribution in [0.2, 0.25) is 0 Å². The zero-order valence-electron chi connectivity index (χ0n) is 17.2. The van der Waals surface area contributed by atoms with Crippen molar-refractivity contribution in [2.45, 2.75) is 58.1 Å². The topological polar surface area (TPSA) is 73.8 Å². The molecular weight excluding hydrogens is 463 g/mol. The number of hydrogen-bond donors (Lipinski definition) is 2. The van der Waals surface area contributed by atoms with Gasteiger partial charge in [0.2, 0.25) is 5.91 Å². The first-order valence-electron chi connectivity index (χ1n) is 9.25. The lowest BCUT2D eigenvalue weighted by molar-refractivity contribution is -0.138. The van der Waals surface area contributed by atoms with Gasteiger partial charge < -0.3 is 15.5 Å². The summed E-state index contributed by atoms with van der Waals surface area (Å²) in [5, 5.41) is 6.47. The molecule has 1 aliphatic rings. The van der Waals surface area contributed by atoms with Crippen molar-refractivity contribution in [2.75, 3.05) is 39.5 Å². The molecule has 0 aliphatic heterocycles. The van der Waals surface area contributed by atoms with Crippen LogP contribution >= 0.6 is 24.0 Å². The van der Waals surface area contributed by atoms with E-state index in [9.17, 15) is 9.00 Å². The van der Waals surface area contributed by atoms with Crippen molar-refractivity contribution in [3.8, 4) is 0 Å². The molecule has 0 spiro atoms. The number of carbonyl (C=O) groups is 1. The second kappa shape index (κ2) is 11.5. The van der Waals surface area contributed by atoms with Crippen LogP contribution in [0.25, 0.3) is 0 Å². The molecule has 1 unspecified atom stereocenters. The minimum atomic E-state index is -0.891. The van der Waals surface area contributed by atoms with Gasteiger partial charge in [-0.05, 0) is 40.5 Å². The lowest BCUT2D eigenvalue weighted by atomic mass is 9.85. The average molecular weight is 500 g/mol. The molecule has 1 rings (SSSR count). The molecule has 1 fully saturated rings. The first-order chi connectivity index (χ1) is 11.6. The van der Waals surface area contributed by atoms with Crippen molar-refractivity contribution in [1.82, 2.24) is 15.5 Å². The van der Waals surface area contributed by atoms with Crippen molar-refractivity contribution in [3.63, 3.8) is 0 Å². The van der Waals surface area contributed by atoms with E-state index in [1.807, 2.05) is 41.8 Å². The number of nitrogens with one attached hydrogen (secondary N) is 2. The van der Waals surface area contributed by atoms with Gasteiger partial charge in [0.1, 0.15) is 0 Å². The SMILES string of the molecule is CCNC(=NCC1(C(=O)N(C)C)CCCC1)NCCS(=O)C(C)(C)C.I. The van der Waals surface area contributed by atoms with Crippen LogP contribution in [0, 0.1) is 5.41 Å². The molecule has 0 aromatic rings. The molecule has 0 bridgehead atoms. The summed E-state index contributed by atoms with van der Waals surface area (Å²) >= 11 is 0. The minimum absolute atomic E-state index is 0. The number of aliphatic imine (C=N–C) groups is 1. The highest BCUT2D eigenvalue weighted by Gasteiger charge is 2.42. The number of hydrogen-bond acceptors (Lipinski definition) is 3. The zero-order valence-corrected chi connectivity index (χ0v) is 20.3. The maximum Gasteiger partial charge on any atom is 0.230 e. The minimum Gasteiger partial charge on any atom is -0.357 e. The molecule has 1 aliphatic carbocycles. The van der Waals surface area contributed by atoms with Gasteiger partial charge in [0, 0.05) is 48.5 Å². The fourth-order valence-electron chi connectivity index (χ4n) is 3.11. The lowest BCUT2D eigenvalue weighted by Gasteiger charge is -2.29. The summed E-state index contributed by atoms with van der Waals surface area (Å²) < 4.78 is 11.9. The average Bonchev–Trinajstić information content (AvgIpc) is 3.00. The molecule has 0 saturated heterocycles. The van der Waals surface area contributed by atoms with E-state index in [1.54, 1.807) is 4.90 Å². The molecule has 26 heavy (non-hydrogen) atoms. The Morgan fingerprint density at radius 3 is 2.23 bits per heavy atom. The summed E-state index contributed by atoms with van der Waals surface area (Å²) in [6.45, 7) is 9.83. The van der Waals surface area contributed by atoms with Crippen LogP contribution in [0.5, 0.6) is 0 Å². The fourth-order valence-corrected chi connectivity index (χ4v) is 4.01. The third-order valence-electron chi connectivity index (χ3n) is 4.57. The molecule has 8 heteroatoms. The Bertz CT molecular complexity index is 498. The van der Waals surface area contributed by atoms with Crippen LogP contribution in [0.1, 0.15) is 53.4 Å². The van der Waals surface area contributed by atoms with Gasteiger partial charge in [-0.15, -0.1) is 24.0 Å². The summed E-state index contributed by atoms with van der Waals surface area (Å²) in [5.74, 6) is 1.46. The van der Waals surface area contributed by atoms with E-state index in [2.05, 4.69) is 15.6 Å². The standard InChI is InChI=1S/C18H36N4O2S.HI/c1-7-19-16(20-12-13-25(24)17(2,3)4)21-14-18(10-8-9-11-18)15(23)22(5)6;/h7-14H2,1-6H3,(H2,19,20,21);1H. The molecule has 1 amide bonds.